The number of carbonyl (C=O) groups excluding carboxylic acids is 1. The van der Waals surface area contributed by atoms with Crippen molar-refractivity contribution in [3.63, 3.8) is 0 Å². The van der Waals surface area contributed by atoms with Gasteiger partial charge in [-0.05, 0) is 26.3 Å². The fourth-order valence-electron chi connectivity index (χ4n) is 2.43. The van der Waals surface area contributed by atoms with Gasteiger partial charge in [-0.1, -0.05) is 29.8 Å². The molecule has 1 aliphatic rings. The summed E-state index contributed by atoms with van der Waals surface area (Å²) in [5.74, 6) is 0. The van der Waals surface area contributed by atoms with Gasteiger partial charge in [0.05, 0.1) is 11.6 Å². The number of nitrogens with two attached hydrogens (primary N) is 1. The second-order valence-corrected chi connectivity index (χ2v) is 5.95. The first kappa shape index (κ1) is 13.9. The van der Waals surface area contributed by atoms with E-state index in [1.54, 1.807) is 0 Å². The topological polar surface area (TPSA) is 49.6 Å². The first-order chi connectivity index (χ1) is 8.86. The van der Waals surface area contributed by atoms with E-state index in [4.69, 9.17) is 5.73 Å². The molecule has 0 saturated carbocycles. The molecule has 1 aliphatic heterocycles. The summed E-state index contributed by atoms with van der Waals surface area (Å²) in [6.07, 6.45) is 0. The summed E-state index contributed by atoms with van der Waals surface area (Å²) in [4.78, 5) is 16.0. The fraction of sp³-hybridized carbons (Fsp3) is 0.533. The van der Waals surface area contributed by atoms with Gasteiger partial charge in [-0.3, -0.25) is 0 Å². The van der Waals surface area contributed by atoms with Crippen LogP contribution in [0, 0.1) is 6.92 Å². The third-order valence-electron chi connectivity index (χ3n) is 4.05. The van der Waals surface area contributed by atoms with Crippen LogP contribution in [-0.4, -0.2) is 41.5 Å². The Balaban J connectivity index is 2.26. The minimum Gasteiger partial charge on any atom is -0.328 e. The van der Waals surface area contributed by atoms with Gasteiger partial charge < -0.3 is 15.5 Å². The lowest BCUT2D eigenvalue weighted by atomic mass is 10.0. The first-order valence-corrected chi connectivity index (χ1v) is 6.68. The van der Waals surface area contributed by atoms with Crippen LogP contribution in [0.2, 0.25) is 0 Å². The summed E-state index contributed by atoms with van der Waals surface area (Å²) in [5.41, 5.74) is 7.89. The summed E-state index contributed by atoms with van der Waals surface area (Å²) in [5, 5.41) is 0. The Hall–Kier alpha value is -1.55. The van der Waals surface area contributed by atoms with Crippen molar-refractivity contribution in [3.05, 3.63) is 35.4 Å². The number of likely N-dealkylation sites (N-methyl/N-ethyl adjacent to an activating group) is 1. The molecule has 4 heteroatoms. The Morgan fingerprint density at radius 2 is 1.89 bits per heavy atom. The Labute approximate surface area is 115 Å². The standard InChI is InChI=1S/C15H23N3O/c1-11-5-7-12(8-6-11)13-9-18(14(19)17(13)4)15(2,3)10-16/h5-8,13H,9-10,16H2,1-4H3. The maximum Gasteiger partial charge on any atom is 0.320 e. The van der Waals surface area contributed by atoms with Crippen molar-refractivity contribution < 1.29 is 4.79 Å². The minimum atomic E-state index is -0.301. The number of hydrogen-bond acceptors (Lipinski definition) is 2. The molecule has 2 amide bonds. The fourth-order valence-corrected chi connectivity index (χ4v) is 2.43. The van der Waals surface area contributed by atoms with E-state index in [9.17, 15) is 4.79 Å². The van der Waals surface area contributed by atoms with Gasteiger partial charge in [0, 0.05) is 20.1 Å². The molecule has 104 valence electrons. The van der Waals surface area contributed by atoms with Crippen LogP contribution in [0.3, 0.4) is 0 Å². The third-order valence-corrected chi connectivity index (χ3v) is 4.05. The smallest absolute Gasteiger partial charge is 0.320 e. The second kappa shape index (κ2) is 4.85. The Morgan fingerprint density at radius 1 is 1.32 bits per heavy atom. The van der Waals surface area contributed by atoms with E-state index in [-0.39, 0.29) is 17.6 Å². The van der Waals surface area contributed by atoms with Crippen molar-refractivity contribution in [2.24, 2.45) is 5.73 Å². The minimum absolute atomic E-state index is 0.0565. The van der Waals surface area contributed by atoms with Gasteiger partial charge in [0.15, 0.2) is 0 Å². The van der Waals surface area contributed by atoms with Crippen molar-refractivity contribution in [2.45, 2.75) is 32.4 Å². The maximum atomic E-state index is 12.4. The largest absolute Gasteiger partial charge is 0.328 e. The molecule has 0 aromatic heterocycles. The highest BCUT2D eigenvalue weighted by Gasteiger charge is 2.42. The molecule has 1 heterocycles. The van der Waals surface area contributed by atoms with E-state index in [2.05, 4.69) is 31.2 Å². The van der Waals surface area contributed by atoms with Crippen molar-refractivity contribution in [1.82, 2.24) is 9.80 Å². The molecule has 2 rings (SSSR count). The van der Waals surface area contributed by atoms with Gasteiger partial charge in [0.25, 0.3) is 0 Å². The van der Waals surface area contributed by atoms with Gasteiger partial charge in [0.2, 0.25) is 0 Å². The summed E-state index contributed by atoms with van der Waals surface area (Å²) in [7, 11) is 1.86. The van der Waals surface area contributed by atoms with E-state index in [1.807, 2.05) is 30.7 Å². The molecule has 19 heavy (non-hydrogen) atoms. The number of hydrogen-bond donors (Lipinski definition) is 1. The van der Waals surface area contributed by atoms with Gasteiger partial charge in [-0.25, -0.2) is 4.79 Å². The van der Waals surface area contributed by atoms with Gasteiger partial charge in [-0.2, -0.15) is 0 Å². The molecule has 1 unspecified atom stereocenters. The van der Waals surface area contributed by atoms with Crippen LogP contribution >= 0.6 is 0 Å². The second-order valence-electron chi connectivity index (χ2n) is 5.95. The first-order valence-electron chi connectivity index (χ1n) is 6.68. The average molecular weight is 261 g/mol. The summed E-state index contributed by atoms with van der Waals surface area (Å²) in [6.45, 7) is 7.25. The molecule has 1 atom stereocenters. The number of benzene rings is 1. The molecule has 4 nitrogen and oxygen atoms in total. The van der Waals surface area contributed by atoms with Gasteiger partial charge in [0.1, 0.15) is 0 Å². The lowest BCUT2D eigenvalue weighted by Gasteiger charge is -2.33. The molecule has 1 saturated heterocycles. The van der Waals surface area contributed by atoms with Crippen LogP contribution in [0.5, 0.6) is 0 Å². The predicted octanol–water partition coefficient (Wildman–Crippen LogP) is 2.14. The molecule has 1 aromatic rings. The van der Waals surface area contributed by atoms with E-state index in [1.165, 1.54) is 11.1 Å². The number of nitrogens with zero attached hydrogens (tertiary/aromatic N) is 2. The highest BCUT2D eigenvalue weighted by atomic mass is 16.2. The monoisotopic (exact) mass is 261 g/mol. The number of amides is 2. The van der Waals surface area contributed by atoms with Crippen molar-refractivity contribution in [2.75, 3.05) is 20.1 Å². The lowest BCUT2D eigenvalue weighted by molar-refractivity contribution is 0.154. The highest BCUT2D eigenvalue weighted by Crippen LogP contribution is 2.32. The predicted molar refractivity (Wildman–Crippen MR) is 76.9 cm³/mol. The lowest BCUT2D eigenvalue weighted by Crippen LogP contribution is -2.50. The van der Waals surface area contributed by atoms with Crippen molar-refractivity contribution in [3.8, 4) is 0 Å². The molecule has 1 fully saturated rings. The van der Waals surface area contributed by atoms with Crippen LogP contribution < -0.4 is 5.73 Å². The van der Waals surface area contributed by atoms with Crippen LogP contribution in [0.25, 0.3) is 0 Å². The van der Waals surface area contributed by atoms with Crippen LogP contribution in [0.1, 0.15) is 31.0 Å². The van der Waals surface area contributed by atoms with Gasteiger partial charge >= 0.3 is 6.03 Å². The van der Waals surface area contributed by atoms with E-state index in [0.717, 1.165) is 0 Å². The normalized spacial score (nSPS) is 20.3. The Morgan fingerprint density at radius 3 is 2.42 bits per heavy atom. The molecule has 1 aromatic carbocycles. The highest BCUT2D eigenvalue weighted by molar-refractivity contribution is 5.78. The molecule has 0 spiro atoms. The van der Waals surface area contributed by atoms with Gasteiger partial charge in [-0.15, -0.1) is 0 Å². The Bertz CT molecular complexity index is 467. The molecular formula is C15H23N3O. The molecule has 2 N–H and O–H groups in total. The van der Waals surface area contributed by atoms with E-state index < -0.39 is 0 Å². The van der Waals surface area contributed by atoms with E-state index >= 15 is 0 Å². The summed E-state index contributed by atoms with van der Waals surface area (Å²) >= 11 is 0. The SMILES string of the molecule is Cc1ccc(C2CN(C(C)(C)CN)C(=O)N2C)cc1. The zero-order valence-corrected chi connectivity index (χ0v) is 12.2. The summed E-state index contributed by atoms with van der Waals surface area (Å²) in [6, 6.07) is 8.54. The summed E-state index contributed by atoms with van der Waals surface area (Å²) < 4.78 is 0. The van der Waals surface area contributed by atoms with E-state index in [0.29, 0.717) is 13.1 Å². The zero-order chi connectivity index (χ0) is 14.2. The van der Waals surface area contributed by atoms with Crippen molar-refractivity contribution in [1.29, 1.82) is 0 Å². The molecular weight excluding hydrogens is 238 g/mol. The molecule has 0 aliphatic carbocycles. The number of rotatable bonds is 3. The average Bonchev–Trinajstić information content (AvgIpc) is 2.68. The molecule has 0 bridgehead atoms. The number of aryl methyl sites for hydroxylation is 1. The van der Waals surface area contributed by atoms with Crippen molar-refractivity contribution >= 4 is 6.03 Å². The quantitative estimate of drug-likeness (QED) is 0.906. The van der Waals surface area contributed by atoms with Crippen LogP contribution in [-0.2, 0) is 0 Å². The maximum absolute atomic E-state index is 12.4. The molecule has 0 radical (unpaired) electrons. The number of carbonyl (C=O) groups is 1. The number of urea groups is 1. The van der Waals surface area contributed by atoms with Crippen LogP contribution in [0.4, 0.5) is 4.79 Å². The van der Waals surface area contributed by atoms with Crippen LogP contribution in [0.15, 0.2) is 24.3 Å². The zero-order valence-electron chi connectivity index (χ0n) is 12.2. The third kappa shape index (κ3) is 2.45. The Kier molecular flexibility index (Phi) is 3.54.